The number of carbonyl (C=O) groups is 1. The molecule has 8 rings (SSSR count). The van der Waals surface area contributed by atoms with E-state index >= 15 is 0 Å². The third-order valence-corrected chi connectivity index (χ3v) is 11.0. The molecule has 0 N–H and O–H groups in total. The Balaban J connectivity index is 1.15. The lowest BCUT2D eigenvalue weighted by Crippen LogP contribution is -2.43. The highest BCUT2D eigenvalue weighted by molar-refractivity contribution is 5.92. The number of rotatable bonds is 7. The quantitative estimate of drug-likeness (QED) is 0.361. The minimum Gasteiger partial charge on any atom is -0.461 e. The summed E-state index contributed by atoms with van der Waals surface area (Å²) in [4.78, 5) is 29.2. The summed E-state index contributed by atoms with van der Waals surface area (Å²) in [5.74, 6) is 1.48. The van der Waals surface area contributed by atoms with Crippen molar-refractivity contribution in [2.75, 3.05) is 45.2 Å². The van der Waals surface area contributed by atoms with Gasteiger partial charge in [0, 0.05) is 51.3 Å². The molecule has 256 valence electrons. The SMILES string of the molecule is C[C@H]1CN2CCC[C@@]2(COc2nc3c(c(N4CCCn5nc(C(=O)N(C)C)cc5C4)n2)COC2(CCc4c(OC(F)F)cccc42)C3)C1. The second kappa shape index (κ2) is 11.9. The van der Waals surface area contributed by atoms with E-state index in [2.05, 4.69) is 21.8 Å². The number of fused-ring (bicyclic) bond motifs is 5. The highest BCUT2D eigenvalue weighted by Crippen LogP contribution is 2.50. The van der Waals surface area contributed by atoms with Crippen molar-refractivity contribution in [1.29, 1.82) is 0 Å². The van der Waals surface area contributed by atoms with Crippen LogP contribution in [0.1, 0.15) is 77.6 Å². The molecule has 2 saturated heterocycles. The summed E-state index contributed by atoms with van der Waals surface area (Å²) in [5.41, 5.74) is 4.10. The average Bonchev–Trinajstić information content (AvgIpc) is 3.78. The Labute approximate surface area is 279 Å². The molecule has 4 aliphatic heterocycles. The molecule has 3 atom stereocenters. The number of nitrogens with zero attached hydrogens (tertiary/aromatic N) is 7. The Morgan fingerprint density at radius 3 is 2.85 bits per heavy atom. The third-order valence-electron chi connectivity index (χ3n) is 11.0. The second-order valence-electron chi connectivity index (χ2n) is 14.5. The van der Waals surface area contributed by atoms with Gasteiger partial charge in [-0.1, -0.05) is 19.1 Å². The molecule has 2 fully saturated rings. The van der Waals surface area contributed by atoms with E-state index in [1.807, 2.05) is 16.8 Å². The molecule has 1 amide bonds. The highest BCUT2D eigenvalue weighted by atomic mass is 19.3. The van der Waals surface area contributed by atoms with Gasteiger partial charge in [-0.05, 0) is 68.7 Å². The fourth-order valence-corrected chi connectivity index (χ4v) is 8.90. The summed E-state index contributed by atoms with van der Waals surface area (Å²) in [5, 5.41) is 4.62. The Bertz CT molecular complexity index is 1730. The fourth-order valence-electron chi connectivity index (χ4n) is 8.90. The standard InChI is InChI=1S/C35H43F2N7O4/c1-22-16-34(10-5-13-43(34)18-22)21-46-33-38-28-17-35(11-9-24-26(35)7-4-8-29(24)48-32(36)37)47-20-25(28)30(39-33)42-12-6-14-44-23(19-42)15-27(40-44)31(45)41(2)3/h4,7-8,15,22,32H,5-6,9-14,16-21H2,1-3H3/t22-,34+,35?/m1/s1. The Hall–Kier alpha value is -3.84. The van der Waals surface area contributed by atoms with Crippen LogP contribution >= 0.6 is 0 Å². The van der Waals surface area contributed by atoms with Crippen LogP contribution in [0.3, 0.4) is 0 Å². The number of aryl methyl sites for hydroxylation is 1. The first-order valence-corrected chi connectivity index (χ1v) is 17.2. The van der Waals surface area contributed by atoms with Crippen molar-refractivity contribution in [2.24, 2.45) is 5.92 Å². The van der Waals surface area contributed by atoms with Crippen LogP contribution in [0.2, 0.25) is 0 Å². The molecule has 0 bridgehead atoms. The summed E-state index contributed by atoms with van der Waals surface area (Å²) in [6.07, 6.45) is 5.89. The number of halogens is 2. The van der Waals surface area contributed by atoms with Crippen LogP contribution in [-0.2, 0) is 42.9 Å². The maximum atomic E-state index is 13.3. The number of hydrogen-bond donors (Lipinski definition) is 0. The van der Waals surface area contributed by atoms with Crippen molar-refractivity contribution in [2.45, 2.75) is 89.3 Å². The van der Waals surface area contributed by atoms with Crippen LogP contribution in [0.25, 0.3) is 0 Å². The van der Waals surface area contributed by atoms with Crippen LogP contribution in [-0.4, -0.2) is 87.9 Å². The van der Waals surface area contributed by atoms with Crippen LogP contribution in [0.15, 0.2) is 24.3 Å². The zero-order valence-corrected chi connectivity index (χ0v) is 27.9. The maximum absolute atomic E-state index is 13.3. The lowest BCUT2D eigenvalue weighted by molar-refractivity contribution is -0.0732. The predicted octanol–water partition coefficient (Wildman–Crippen LogP) is 4.55. The molecule has 13 heteroatoms. The van der Waals surface area contributed by atoms with Gasteiger partial charge in [-0.2, -0.15) is 23.8 Å². The number of carbonyl (C=O) groups excluding carboxylic acids is 1. The van der Waals surface area contributed by atoms with Gasteiger partial charge < -0.3 is 24.0 Å². The highest BCUT2D eigenvalue weighted by Gasteiger charge is 2.49. The molecular weight excluding hydrogens is 620 g/mol. The largest absolute Gasteiger partial charge is 0.461 e. The van der Waals surface area contributed by atoms with Gasteiger partial charge in [0.2, 0.25) is 0 Å². The van der Waals surface area contributed by atoms with E-state index in [4.69, 9.17) is 24.2 Å². The molecule has 11 nitrogen and oxygen atoms in total. The van der Waals surface area contributed by atoms with Gasteiger partial charge in [0.25, 0.3) is 5.91 Å². The third kappa shape index (κ3) is 5.39. The average molecular weight is 664 g/mol. The molecule has 48 heavy (non-hydrogen) atoms. The normalized spacial score (nSPS) is 26.3. The molecule has 1 unspecified atom stereocenters. The lowest BCUT2D eigenvalue weighted by Gasteiger charge is -2.37. The van der Waals surface area contributed by atoms with Crippen molar-refractivity contribution < 1.29 is 27.8 Å². The first kappa shape index (κ1) is 31.4. The van der Waals surface area contributed by atoms with Crippen LogP contribution < -0.4 is 14.4 Å². The Morgan fingerprint density at radius 1 is 1.15 bits per heavy atom. The lowest BCUT2D eigenvalue weighted by atomic mass is 9.86. The fraction of sp³-hybridized carbons (Fsp3) is 0.600. The second-order valence-corrected chi connectivity index (χ2v) is 14.5. The van der Waals surface area contributed by atoms with E-state index < -0.39 is 12.2 Å². The van der Waals surface area contributed by atoms with E-state index in [9.17, 15) is 13.6 Å². The van der Waals surface area contributed by atoms with E-state index in [1.165, 1.54) is 11.3 Å². The van der Waals surface area contributed by atoms with Crippen molar-refractivity contribution in [3.8, 4) is 11.8 Å². The molecule has 1 aromatic carbocycles. The number of aromatic nitrogens is 4. The van der Waals surface area contributed by atoms with Gasteiger partial charge in [-0.3, -0.25) is 14.4 Å². The molecule has 1 aliphatic carbocycles. The monoisotopic (exact) mass is 663 g/mol. The summed E-state index contributed by atoms with van der Waals surface area (Å²) in [7, 11) is 3.46. The Morgan fingerprint density at radius 2 is 2.02 bits per heavy atom. The Kier molecular flexibility index (Phi) is 7.82. The molecule has 1 spiro atoms. The number of amides is 1. The summed E-state index contributed by atoms with van der Waals surface area (Å²) < 4.78 is 46.6. The predicted molar refractivity (Wildman–Crippen MR) is 172 cm³/mol. The molecule has 0 radical (unpaired) electrons. The number of benzene rings is 1. The molecule has 0 saturated carbocycles. The first-order valence-electron chi connectivity index (χ1n) is 17.2. The molecule has 6 heterocycles. The van der Waals surface area contributed by atoms with E-state index in [-0.39, 0.29) is 23.8 Å². The minimum absolute atomic E-state index is 0.0130. The smallest absolute Gasteiger partial charge is 0.387 e. The van der Waals surface area contributed by atoms with Crippen molar-refractivity contribution in [3.05, 3.63) is 58.0 Å². The minimum atomic E-state index is -2.89. The topological polar surface area (TPSA) is 98.1 Å². The summed E-state index contributed by atoms with van der Waals surface area (Å²) in [6, 6.07) is 7.55. The molecule has 2 aromatic heterocycles. The number of anilines is 1. The van der Waals surface area contributed by atoms with Crippen molar-refractivity contribution in [3.63, 3.8) is 0 Å². The van der Waals surface area contributed by atoms with Crippen LogP contribution in [0.5, 0.6) is 11.8 Å². The van der Waals surface area contributed by atoms with Crippen molar-refractivity contribution in [1.82, 2.24) is 29.5 Å². The first-order chi connectivity index (χ1) is 23.1. The number of alkyl halides is 2. The maximum Gasteiger partial charge on any atom is 0.387 e. The van der Waals surface area contributed by atoms with E-state index in [1.54, 1.807) is 26.2 Å². The van der Waals surface area contributed by atoms with Crippen molar-refractivity contribution >= 4 is 11.7 Å². The van der Waals surface area contributed by atoms with Gasteiger partial charge in [-0.15, -0.1) is 0 Å². The van der Waals surface area contributed by atoms with E-state index in [0.29, 0.717) is 56.6 Å². The zero-order chi connectivity index (χ0) is 33.2. The molecule has 3 aromatic rings. The molecular formula is C35H43F2N7O4. The van der Waals surface area contributed by atoms with Gasteiger partial charge in [0.1, 0.15) is 18.2 Å². The summed E-state index contributed by atoms with van der Waals surface area (Å²) in [6.45, 7) is 4.38. The van der Waals surface area contributed by atoms with Gasteiger partial charge in [0.05, 0.1) is 35.7 Å². The molecule has 5 aliphatic rings. The van der Waals surface area contributed by atoms with Gasteiger partial charge in [0.15, 0.2) is 5.69 Å². The number of hydrogen-bond acceptors (Lipinski definition) is 9. The number of ether oxygens (including phenoxy) is 3. The van der Waals surface area contributed by atoms with E-state index in [0.717, 1.165) is 72.8 Å². The van der Waals surface area contributed by atoms with Crippen LogP contribution in [0, 0.1) is 5.92 Å². The van der Waals surface area contributed by atoms with Crippen LogP contribution in [0.4, 0.5) is 14.6 Å². The van der Waals surface area contributed by atoms with Gasteiger partial charge >= 0.3 is 12.6 Å². The van der Waals surface area contributed by atoms with Gasteiger partial charge in [-0.25, -0.2) is 0 Å². The summed E-state index contributed by atoms with van der Waals surface area (Å²) >= 11 is 0. The zero-order valence-electron chi connectivity index (χ0n) is 27.9.